The second-order valence-corrected chi connectivity index (χ2v) is 4.94. The van der Waals surface area contributed by atoms with Crippen LogP contribution >= 0.6 is 0 Å². The fourth-order valence-electron chi connectivity index (χ4n) is 1.75. The van der Waals surface area contributed by atoms with Crippen LogP contribution < -0.4 is 0 Å². The van der Waals surface area contributed by atoms with Gasteiger partial charge in [-0.15, -0.1) is 0 Å². The summed E-state index contributed by atoms with van der Waals surface area (Å²) in [5.74, 6) is 0. The lowest BCUT2D eigenvalue weighted by Crippen LogP contribution is -2.40. The molecule has 1 rings (SSSR count). The van der Waals surface area contributed by atoms with Crippen molar-refractivity contribution in [1.29, 1.82) is 0 Å². The van der Waals surface area contributed by atoms with E-state index in [9.17, 15) is 5.11 Å². The summed E-state index contributed by atoms with van der Waals surface area (Å²) >= 11 is 0. The maximum Gasteiger partial charge on any atom is 0.0718 e. The predicted molar refractivity (Wildman–Crippen MR) is 57.2 cm³/mol. The summed E-state index contributed by atoms with van der Waals surface area (Å²) in [6.07, 6.45) is 4.45. The van der Waals surface area contributed by atoms with E-state index in [4.69, 9.17) is 5.11 Å². The maximum absolute atomic E-state index is 9.73. The Morgan fingerprint density at radius 3 is 2.36 bits per heavy atom. The molecule has 1 fully saturated rings. The third kappa shape index (κ3) is 4.94. The van der Waals surface area contributed by atoms with Crippen molar-refractivity contribution in [2.75, 3.05) is 19.7 Å². The van der Waals surface area contributed by atoms with Crippen LogP contribution in [0.4, 0.5) is 0 Å². The van der Waals surface area contributed by atoms with Gasteiger partial charge in [-0.25, -0.2) is 0 Å². The quantitative estimate of drug-likeness (QED) is 0.604. The molecule has 2 N–H and O–H groups in total. The van der Waals surface area contributed by atoms with Crippen molar-refractivity contribution in [2.24, 2.45) is 0 Å². The predicted octanol–water partition coefficient (Wildman–Crippen LogP) is 0.994. The van der Waals surface area contributed by atoms with Crippen LogP contribution in [0.15, 0.2) is 0 Å². The van der Waals surface area contributed by atoms with Crippen LogP contribution in [-0.4, -0.2) is 46.5 Å². The first kappa shape index (κ1) is 12.0. The Labute approximate surface area is 86.7 Å². The third-order valence-corrected chi connectivity index (χ3v) is 2.51. The highest BCUT2D eigenvalue weighted by Gasteiger charge is 2.31. The van der Waals surface area contributed by atoms with E-state index in [1.165, 1.54) is 12.8 Å². The van der Waals surface area contributed by atoms with Crippen LogP contribution in [-0.2, 0) is 0 Å². The molecular weight excluding hydrogens is 178 g/mol. The zero-order valence-corrected chi connectivity index (χ0v) is 9.37. The Balaban J connectivity index is 2.24. The number of nitrogens with zero attached hydrogens (tertiary/aromatic N) is 1. The molecular formula is C11H23NO2. The van der Waals surface area contributed by atoms with Gasteiger partial charge in [0.25, 0.3) is 0 Å². The summed E-state index contributed by atoms with van der Waals surface area (Å²) in [6, 6.07) is 0.695. The first-order valence-corrected chi connectivity index (χ1v) is 5.60. The molecule has 3 nitrogen and oxygen atoms in total. The van der Waals surface area contributed by atoms with Crippen molar-refractivity contribution < 1.29 is 10.2 Å². The summed E-state index contributed by atoms with van der Waals surface area (Å²) in [6.45, 7) is 5.75. The van der Waals surface area contributed by atoms with E-state index in [1.807, 2.05) is 13.8 Å². The minimum atomic E-state index is -0.595. The molecule has 0 aromatic rings. The number of aliphatic hydroxyl groups excluding tert-OH is 1. The van der Waals surface area contributed by atoms with Gasteiger partial charge in [0.15, 0.2) is 0 Å². The van der Waals surface area contributed by atoms with Crippen LogP contribution in [0, 0.1) is 0 Å². The van der Waals surface area contributed by atoms with Gasteiger partial charge in [0.05, 0.1) is 5.60 Å². The highest BCUT2D eigenvalue weighted by atomic mass is 16.3. The van der Waals surface area contributed by atoms with Crippen molar-refractivity contribution in [3.63, 3.8) is 0 Å². The van der Waals surface area contributed by atoms with Crippen molar-refractivity contribution in [3.05, 3.63) is 0 Å². The van der Waals surface area contributed by atoms with Gasteiger partial charge in [-0.05, 0) is 46.1 Å². The molecule has 0 heterocycles. The van der Waals surface area contributed by atoms with Crippen LogP contribution in [0.25, 0.3) is 0 Å². The van der Waals surface area contributed by atoms with Gasteiger partial charge >= 0.3 is 0 Å². The summed E-state index contributed by atoms with van der Waals surface area (Å²) in [4.78, 5) is 2.36. The van der Waals surface area contributed by atoms with Gasteiger partial charge in [-0.2, -0.15) is 0 Å². The lowest BCUT2D eigenvalue weighted by atomic mass is 10.1. The number of unbranched alkanes of at least 4 members (excludes halogenated alkanes) is 1. The molecule has 0 atom stereocenters. The largest absolute Gasteiger partial charge is 0.396 e. The Hall–Kier alpha value is -0.120. The third-order valence-electron chi connectivity index (χ3n) is 2.51. The SMILES string of the molecule is CC(C)(O)CN(CCCCO)C1CC1. The fourth-order valence-corrected chi connectivity index (χ4v) is 1.75. The van der Waals surface area contributed by atoms with Gasteiger partial charge in [0.2, 0.25) is 0 Å². The van der Waals surface area contributed by atoms with Gasteiger partial charge < -0.3 is 10.2 Å². The van der Waals surface area contributed by atoms with Gasteiger partial charge in [0, 0.05) is 19.2 Å². The highest BCUT2D eigenvalue weighted by Crippen LogP contribution is 2.28. The Morgan fingerprint density at radius 1 is 1.29 bits per heavy atom. The van der Waals surface area contributed by atoms with Crippen LogP contribution in [0.5, 0.6) is 0 Å². The molecule has 0 aliphatic heterocycles. The summed E-state index contributed by atoms with van der Waals surface area (Å²) < 4.78 is 0. The topological polar surface area (TPSA) is 43.7 Å². The van der Waals surface area contributed by atoms with E-state index in [0.29, 0.717) is 6.04 Å². The average Bonchev–Trinajstić information content (AvgIpc) is 2.83. The Morgan fingerprint density at radius 2 is 1.93 bits per heavy atom. The molecule has 0 radical (unpaired) electrons. The number of rotatable bonds is 7. The second-order valence-electron chi connectivity index (χ2n) is 4.94. The highest BCUT2D eigenvalue weighted by molar-refractivity contribution is 4.87. The average molecular weight is 201 g/mol. The minimum absolute atomic E-state index is 0.279. The zero-order valence-electron chi connectivity index (χ0n) is 9.37. The molecule has 3 heteroatoms. The number of hydrogen-bond donors (Lipinski definition) is 2. The molecule has 1 aliphatic carbocycles. The van der Waals surface area contributed by atoms with E-state index in [-0.39, 0.29) is 6.61 Å². The molecule has 0 bridgehead atoms. The molecule has 1 saturated carbocycles. The van der Waals surface area contributed by atoms with E-state index >= 15 is 0 Å². The molecule has 0 saturated heterocycles. The maximum atomic E-state index is 9.73. The molecule has 0 spiro atoms. The summed E-state index contributed by atoms with van der Waals surface area (Å²) in [7, 11) is 0. The van der Waals surface area contributed by atoms with E-state index < -0.39 is 5.60 Å². The standard InChI is InChI=1S/C11H23NO2/c1-11(2,14)9-12(10-5-6-10)7-3-4-8-13/h10,13-14H,3-9H2,1-2H3. The molecule has 1 aliphatic rings. The van der Waals surface area contributed by atoms with Crippen LogP contribution in [0.1, 0.15) is 39.5 Å². The molecule has 0 amide bonds. The van der Waals surface area contributed by atoms with Crippen LogP contribution in [0.2, 0.25) is 0 Å². The molecule has 0 aromatic carbocycles. The zero-order chi connectivity index (χ0) is 10.6. The Kier molecular flexibility index (Phi) is 4.35. The molecule has 14 heavy (non-hydrogen) atoms. The monoisotopic (exact) mass is 201 g/mol. The molecule has 84 valence electrons. The lowest BCUT2D eigenvalue weighted by molar-refractivity contribution is 0.0323. The fraction of sp³-hybridized carbons (Fsp3) is 1.00. The van der Waals surface area contributed by atoms with Gasteiger partial charge in [-0.1, -0.05) is 0 Å². The minimum Gasteiger partial charge on any atom is -0.396 e. The van der Waals surface area contributed by atoms with E-state index in [1.54, 1.807) is 0 Å². The molecule has 0 unspecified atom stereocenters. The number of aliphatic hydroxyl groups is 2. The van der Waals surface area contributed by atoms with Gasteiger partial charge in [0.1, 0.15) is 0 Å². The van der Waals surface area contributed by atoms with E-state index in [2.05, 4.69) is 4.90 Å². The van der Waals surface area contributed by atoms with Crippen molar-refractivity contribution in [2.45, 2.75) is 51.2 Å². The summed E-state index contributed by atoms with van der Waals surface area (Å²) in [5, 5.41) is 18.4. The van der Waals surface area contributed by atoms with Crippen molar-refractivity contribution in [3.8, 4) is 0 Å². The smallest absolute Gasteiger partial charge is 0.0718 e. The number of hydrogen-bond acceptors (Lipinski definition) is 3. The van der Waals surface area contributed by atoms with Crippen LogP contribution in [0.3, 0.4) is 0 Å². The normalized spacial score (nSPS) is 17.8. The molecule has 0 aromatic heterocycles. The van der Waals surface area contributed by atoms with Gasteiger partial charge in [-0.3, -0.25) is 4.90 Å². The second kappa shape index (κ2) is 5.10. The van der Waals surface area contributed by atoms with Crippen molar-refractivity contribution in [1.82, 2.24) is 4.90 Å². The lowest BCUT2D eigenvalue weighted by Gasteiger charge is -2.28. The first-order valence-electron chi connectivity index (χ1n) is 5.60. The van der Waals surface area contributed by atoms with E-state index in [0.717, 1.165) is 25.9 Å². The Bertz CT molecular complexity index is 161. The first-order chi connectivity index (χ1) is 6.53. The van der Waals surface area contributed by atoms with Crippen molar-refractivity contribution >= 4 is 0 Å². The summed E-state index contributed by atoms with van der Waals surface area (Å²) in [5.41, 5.74) is -0.595.